The predicted molar refractivity (Wildman–Crippen MR) is 92.7 cm³/mol. The first-order valence-electron chi connectivity index (χ1n) is 7.25. The molecule has 0 radical (unpaired) electrons. The molecule has 3 aromatic rings. The molecule has 1 heterocycles. The number of furan rings is 1. The zero-order chi connectivity index (χ0) is 16.8. The van der Waals surface area contributed by atoms with Gasteiger partial charge in [0.15, 0.2) is 0 Å². The van der Waals surface area contributed by atoms with Crippen molar-refractivity contribution in [1.29, 1.82) is 5.26 Å². The first kappa shape index (κ1) is 15.9. The molecule has 0 fully saturated rings. The minimum absolute atomic E-state index is 0.224. The lowest BCUT2D eigenvalue weighted by molar-refractivity contribution is 0.131. The Labute approximate surface area is 144 Å². The lowest BCUT2D eigenvalue weighted by Crippen LogP contribution is -1.91. The van der Waals surface area contributed by atoms with E-state index in [-0.39, 0.29) is 6.61 Å². The average molecular weight is 337 g/mol. The van der Waals surface area contributed by atoms with E-state index in [1.807, 2.05) is 48.5 Å². The summed E-state index contributed by atoms with van der Waals surface area (Å²) in [6.45, 7) is 0.224. The van der Waals surface area contributed by atoms with E-state index in [4.69, 9.17) is 26.1 Å². The second-order valence-electron chi connectivity index (χ2n) is 4.99. The zero-order valence-electron chi connectivity index (χ0n) is 12.6. The third-order valence-corrected chi connectivity index (χ3v) is 3.58. The molecule has 0 saturated heterocycles. The Morgan fingerprint density at radius 1 is 1.12 bits per heavy atom. The first-order chi connectivity index (χ1) is 11.8. The summed E-state index contributed by atoms with van der Waals surface area (Å²) in [7, 11) is 0. The van der Waals surface area contributed by atoms with Gasteiger partial charge in [0.2, 0.25) is 0 Å². The minimum Gasteiger partial charge on any atom is -0.455 e. The van der Waals surface area contributed by atoms with E-state index in [1.165, 1.54) is 6.21 Å². The number of nitrogens with zero attached hydrogens (tertiary/aromatic N) is 2. The van der Waals surface area contributed by atoms with Crippen LogP contribution in [0.15, 0.2) is 70.2 Å². The predicted octanol–water partition coefficient (Wildman–Crippen LogP) is 5.02. The monoisotopic (exact) mass is 336 g/mol. The highest BCUT2D eigenvalue weighted by Crippen LogP contribution is 2.24. The van der Waals surface area contributed by atoms with Gasteiger partial charge in [-0.3, -0.25) is 0 Å². The average Bonchev–Trinajstić information content (AvgIpc) is 3.08. The summed E-state index contributed by atoms with van der Waals surface area (Å²) in [6, 6.07) is 20.4. The fourth-order valence-corrected chi connectivity index (χ4v) is 2.36. The summed E-state index contributed by atoms with van der Waals surface area (Å²) in [5.41, 5.74) is 2.26. The molecule has 2 aromatic carbocycles. The fraction of sp³-hybridized carbons (Fsp3) is 0.0526. The molecule has 0 aliphatic heterocycles. The normalized spacial score (nSPS) is 10.7. The summed E-state index contributed by atoms with van der Waals surface area (Å²) in [6.07, 6.45) is 1.49. The van der Waals surface area contributed by atoms with Crippen LogP contribution in [0, 0.1) is 11.3 Å². The molecule has 0 aliphatic rings. The lowest BCUT2D eigenvalue weighted by Gasteiger charge is -2.01. The number of rotatable bonds is 5. The minimum atomic E-state index is 0.224. The van der Waals surface area contributed by atoms with E-state index in [2.05, 4.69) is 11.2 Å². The molecule has 118 valence electrons. The number of oxime groups is 1. The Morgan fingerprint density at radius 2 is 2.00 bits per heavy atom. The molecular formula is C19H13ClN2O2. The molecule has 4 nitrogen and oxygen atoms in total. The summed E-state index contributed by atoms with van der Waals surface area (Å²) >= 11 is 5.98. The molecule has 0 bridgehead atoms. The molecule has 0 amide bonds. The Morgan fingerprint density at radius 3 is 2.83 bits per heavy atom. The van der Waals surface area contributed by atoms with Gasteiger partial charge >= 0.3 is 0 Å². The maximum atomic E-state index is 9.02. The van der Waals surface area contributed by atoms with E-state index >= 15 is 0 Å². The lowest BCUT2D eigenvalue weighted by atomic mass is 10.1. The zero-order valence-corrected chi connectivity index (χ0v) is 13.4. The maximum absolute atomic E-state index is 9.02. The maximum Gasteiger partial charge on any atom is 0.149 e. The number of hydrogen-bond donors (Lipinski definition) is 0. The Hall–Kier alpha value is -3.03. The highest BCUT2D eigenvalue weighted by Gasteiger charge is 2.04. The highest BCUT2D eigenvalue weighted by molar-refractivity contribution is 6.30. The van der Waals surface area contributed by atoms with Gasteiger partial charge in [0, 0.05) is 16.1 Å². The van der Waals surface area contributed by atoms with Crippen LogP contribution in [0.25, 0.3) is 11.3 Å². The molecule has 0 aliphatic carbocycles. The van der Waals surface area contributed by atoms with Crippen molar-refractivity contribution >= 4 is 17.8 Å². The van der Waals surface area contributed by atoms with Crippen molar-refractivity contribution in [2.24, 2.45) is 5.16 Å². The number of hydrogen-bond acceptors (Lipinski definition) is 4. The van der Waals surface area contributed by atoms with Gasteiger partial charge in [-0.25, -0.2) is 0 Å². The molecule has 0 saturated carbocycles. The van der Waals surface area contributed by atoms with Crippen molar-refractivity contribution in [3.63, 3.8) is 0 Å². The SMILES string of the molecule is N#Cc1ccccc1CO/N=C\c1ccc(-c2cccc(Cl)c2)o1. The van der Waals surface area contributed by atoms with Gasteiger partial charge in [-0.2, -0.15) is 5.26 Å². The van der Waals surface area contributed by atoms with E-state index in [1.54, 1.807) is 12.1 Å². The summed E-state index contributed by atoms with van der Waals surface area (Å²) < 4.78 is 5.68. The fourth-order valence-electron chi connectivity index (χ4n) is 2.17. The molecule has 24 heavy (non-hydrogen) atoms. The van der Waals surface area contributed by atoms with E-state index in [0.717, 1.165) is 11.1 Å². The first-order valence-corrected chi connectivity index (χ1v) is 7.63. The van der Waals surface area contributed by atoms with Crippen LogP contribution in [-0.2, 0) is 11.4 Å². The van der Waals surface area contributed by atoms with Gasteiger partial charge < -0.3 is 9.25 Å². The van der Waals surface area contributed by atoms with E-state index < -0.39 is 0 Å². The summed E-state index contributed by atoms with van der Waals surface area (Å²) in [5, 5.41) is 13.5. The van der Waals surface area contributed by atoms with Crippen LogP contribution in [0.1, 0.15) is 16.9 Å². The Kier molecular flexibility index (Phi) is 4.95. The molecular weight excluding hydrogens is 324 g/mol. The van der Waals surface area contributed by atoms with Gasteiger partial charge in [-0.05, 0) is 30.3 Å². The number of halogens is 1. The van der Waals surface area contributed by atoms with E-state index in [9.17, 15) is 0 Å². The molecule has 0 N–H and O–H groups in total. The molecule has 0 atom stereocenters. The van der Waals surface area contributed by atoms with Crippen molar-refractivity contribution < 1.29 is 9.25 Å². The Balaban J connectivity index is 1.63. The van der Waals surface area contributed by atoms with Crippen LogP contribution in [-0.4, -0.2) is 6.21 Å². The molecule has 0 unspecified atom stereocenters. The third-order valence-electron chi connectivity index (χ3n) is 3.35. The quantitative estimate of drug-likeness (QED) is 0.485. The van der Waals surface area contributed by atoms with Crippen LogP contribution in [0.3, 0.4) is 0 Å². The summed E-state index contributed by atoms with van der Waals surface area (Å²) in [5.74, 6) is 1.27. The second kappa shape index (κ2) is 7.49. The van der Waals surface area contributed by atoms with Crippen molar-refractivity contribution in [3.05, 3.63) is 82.6 Å². The largest absolute Gasteiger partial charge is 0.455 e. The molecule has 5 heteroatoms. The van der Waals surface area contributed by atoms with Crippen molar-refractivity contribution in [2.45, 2.75) is 6.61 Å². The van der Waals surface area contributed by atoms with Crippen molar-refractivity contribution in [3.8, 4) is 17.4 Å². The van der Waals surface area contributed by atoms with Crippen LogP contribution in [0.5, 0.6) is 0 Å². The molecule has 3 rings (SSSR count). The van der Waals surface area contributed by atoms with Gasteiger partial charge in [-0.1, -0.05) is 47.1 Å². The van der Waals surface area contributed by atoms with Crippen LogP contribution < -0.4 is 0 Å². The standard InChI is InChI=1S/C19H13ClN2O2/c20-17-7-3-6-14(10-17)19-9-8-18(24-19)12-22-23-13-16-5-2-1-4-15(16)11-21/h1-10,12H,13H2/b22-12-. The van der Waals surface area contributed by atoms with Crippen molar-refractivity contribution in [1.82, 2.24) is 0 Å². The number of nitriles is 1. The van der Waals surface area contributed by atoms with Crippen LogP contribution in [0.4, 0.5) is 0 Å². The summed E-state index contributed by atoms with van der Waals surface area (Å²) in [4.78, 5) is 5.24. The van der Waals surface area contributed by atoms with E-state index in [0.29, 0.717) is 22.1 Å². The smallest absolute Gasteiger partial charge is 0.149 e. The second-order valence-corrected chi connectivity index (χ2v) is 5.43. The highest BCUT2D eigenvalue weighted by atomic mass is 35.5. The molecule has 1 aromatic heterocycles. The van der Waals surface area contributed by atoms with Gasteiger partial charge in [0.1, 0.15) is 24.3 Å². The van der Waals surface area contributed by atoms with Crippen LogP contribution >= 0.6 is 11.6 Å². The number of benzene rings is 2. The third kappa shape index (κ3) is 3.83. The van der Waals surface area contributed by atoms with Crippen LogP contribution in [0.2, 0.25) is 5.02 Å². The Bertz CT molecular complexity index is 909. The topological polar surface area (TPSA) is 58.5 Å². The van der Waals surface area contributed by atoms with Gasteiger partial charge in [0.25, 0.3) is 0 Å². The van der Waals surface area contributed by atoms with Gasteiger partial charge in [-0.15, -0.1) is 0 Å². The molecule has 0 spiro atoms. The van der Waals surface area contributed by atoms with Crippen molar-refractivity contribution in [2.75, 3.05) is 0 Å². The van der Waals surface area contributed by atoms with Gasteiger partial charge in [0.05, 0.1) is 11.6 Å².